The average Bonchev–Trinajstić information content (AvgIpc) is 3.27. The number of likely N-dealkylation sites (N-methyl/N-ethyl adjacent to an activating group) is 1. The van der Waals surface area contributed by atoms with Crippen LogP contribution in [0.5, 0.6) is 0 Å². The summed E-state index contributed by atoms with van der Waals surface area (Å²) in [5, 5.41) is 7.62. The average molecular weight is 436 g/mol. The molecular formula is C29H45N3. The highest BCUT2D eigenvalue weighted by molar-refractivity contribution is 5.64. The van der Waals surface area contributed by atoms with Crippen molar-refractivity contribution in [3.05, 3.63) is 90.1 Å². The van der Waals surface area contributed by atoms with Gasteiger partial charge in [0.25, 0.3) is 0 Å². The molecule has 1 aliphatic rings. The lowest BCUT2D eigenvalue weighted by Gasteiger charge is -2.22. The molecule has 1 aliphatic heterocycles. The van der Waals surface area contributed by atoms with Crippen LogP contribution in [0.25, 0.3) is 11.3 Å². The third-order valence-electron chi connectivity index (χ3n) is 4.64. The number of H-pyrrole nitrogens is 1. The van der Waals surface area contributed by atoms with Gasteiger partial charge in [0.05, 0.1) is 5.69 Å². The lowest BCUT2D eigenvalue weighted by atomic mass is 10.0. The molecule has 3 heteroatoms. The van der Waals surface area contributed by atoms with E-state index in [4.69, 9.17) is 0 Å². The maximum atomic E-state index is 4.45. The number of aromatic amines is 1. The van der Waals surface area contributed by atoms with Crippen molar-refractivity contribution < 1.29 is 0 Å². The molecule has 0 saturated carbocycles. The highest BCUT2D eigenvalue weighted by Gasteiger charge is 2.20. The van der Waals surface area contributed by atoms with Crippen molar-refractivity contribution in [1.82, 2.24) is 15.1 Å². The van der Waals surface area contributed by atoms with Crippen LogP contribution in [0.1, 0.15) is 71.2 Å². The fourth-order valence-corrected chi connectivity index (χ4v) is 3.10. The van der Waals surface area contributed by atoms with Crippen molar-refractivity contribution in [2.45, 2.75) is 67.3 Å². The molecule has 4 rings (SSSR count). The molecule has 0 unspecified atom stereocenters. The van der Waals surface area contributed by atoms with Crippen LogP contribution < -0.4 is 0 Å². The van der Waals surface area contributed by atoms with E-state index >= 15 is 0 Å². The van der Waals surface area contributed by atoms with Crippen LogP contribution in [-0.4, -0.2) is 28.7 Å². The minimum atomic E-state index is 0.659. The molecule has 0 fully saturated rings. The van der Waals surface area contributed by atoms with E-state index in [1.807, 2.05) is 46.8 Å². The summed E-state index contributed by atoms with van der Waals surface area (Å²) in [6.45, 7) is 19.8. The lowest BCUT2D eigenvalue weighted by molar-refractivity contribution is 0.312. The Hall–Kier alpha value is -2.65. The van der Waals surface area contributed by atoms with Crippen LogP contribution in [0, 0.1) is 0 Å². The summed E-state index contributed by atoms with van der Waals surface area (Å²) in [6.07, 6.45) is 2.83. The number of nitrogens with zero attached hydrogens (tertiary/aromatic N) is 2. The number of fused-ring (bicyclic) bond motifs is 1. The number of hydrogen-bond acceptors (Lipinski definition) is 2. The quantitative estimate of drug-likeness (QED) is 0.412. The first-order valence-electron chi connectivity index (χ1n) is 12.0. The molecule has 0 bridgehead atoms. The predicted octanol–water partition coefficient (Wildman–Crippen LogP) is 8.12. The second-order valence-corrected chi connectivity index (χ2v) is 7.36. The van der Waals surface area contributed by atoms with Crippen LogP contribution in [0.2, 0.25) is 0 Å². The standard InChI is InChI=1S/C13H15N3.C9H12.C3H6.2C2H6/c1-16-8-7-12-11(9-16)13(15-14-12)10-5-3-2-4-6-10;1-8(2)9-6-4-3-5-7-9;1-3-2;2*1-2/h2-6H,7-9H2,1H3,(H,14,15);3-8H,1-2H3;3H,1H2,2H3;2*1-2H3. The summed E-state index contributed by atoms with van der Waals surface area (Å²) in [6, 6.07) is 20.9. The molecule has 2 aromatic carbocycles. The predicted molar refractivity (Wildman–Crippen MR) is 143 cm³/mol. The first kappa shape index (κ1) is 29.4. The highest BCUT2D eigenvalue weighted by atomic mass is 15.2. The summed E-state index contributed by atoms with van der Waals surface area (Å²) >= 11 is 0. The van der Waals surface area contributed by atoms with E-state index in [1.54, 1.807) is 6.08 Å². The van der Waals surface area contributed by atoms with Gasteiger partial charge in [0.15, 0.2) is 0 Å². The molecule has 0 spiro atoms. The number of benzene rings is 2. The minimum Gasteiger partial charge on any atom is -0.302 e. The van der Waals surface area contributed by atoms with Crippen molar-refractivity contribution in [1.29, 1.82) is 0 Å². The summed E-state index contributed by atoms with van der Waals surface area (Å²) in [5.74, 6) is 0.659. The Morgan fingerprint density at radius 1 is 0.938 bits per heavy atom. The van der Waals surface area contributed by atoms with E-state index < -0.39 is 0 Å². The fourth-order valence-electron chi connectivity index (χ4n) is 3.10. The molecule has 1 N–H and O–H groups in total. The Morgan fingerprint density at radius 3 is 1.91 bits per heavy atom. The number of rotatable bonds is 2. The highest BCUT2D eigenvalue weighted by Crippen LogP contribution is 2.27. The van der Waals surface area contributed by atoms with Crippen LogP contribution in [0.3, 0.4) is 0 Å². The maximum Gasteiger partial charge on any atom is 0.0968 e. The zero-order valence-electron chi connectivity index (χ0n) is 21.7. The molecule has 1 aromatic heterocycles. The van der Waals surface area contributed by atoms with Gasteiger partial charge in [-0.25, -0.2) is 0 Å². The molecule has 2 heterocycles. The SMILES string of the molecule is C=CC.CC.CC.CC(C)c1ccccc1.CN1CCc2[nH]nc(-c3ccccc3)c2C1. The Bertz CT molecular complexity index is 820. The summed E-state index contributed by atoms with van der Waals surface area (Å²) in [4.78, 5) is 2.34. The maximum absolute atomic E-state index is 4.45. The van der Waals surface area contributed by atoms with Crippen molar-refractivity contribution >= 4 is 0 Å². The molecule has 3 aromatic rings. The van der Waals surface area contributed by atoms with Gasteiger partial charge >= 0.3 is 0 Å². The first-order chi connectivity index (χ1) is 15.6. The van der Waals surface area contributed by atoms with Gasteiger partial charge in [0.2, 0.25) is 0 Å². The van der Waals surface area contributed by atoms with Gasteiger partial charge in [0, 0.05) is 36.3 Å². The fraction of sp³-hybridized carbons (Fsp3) is 0.414. The van der Waals surface area contributed by atoms with Crippen molar-refractivity contribution in [3.63, 3.8) is 0 Å². The largest absolute Gasteiger partial charge is 0.302 e. The second-order valence-electron chi connectivity index (χ2n) is 7.36. The molecule has 0 saturated heterocycles. The van der Waals surface area contributed by atoms with Crippen molar-refractivity contribution in [2.75, 3.05) is 13.6 Å². The zero-order chi connectivity index (χ0) is 24.4. The molecule has 0 amide bonds. The number of aromatic nitrogens is 2. The Balaban J connectivity index is 0.000000512. The van der Waals surface area contributed by atoms with Gasteiger partial charge in [-0.3, -0.25) is 5.10 Å². The zero-order valence-corrected chi connectivity index (χ0v) is 21.7. The van der Waals surface area contributed by atoms with Gasteiger partial charge < -0.3 is 4.90 Å². The molecule has 0 aliphatic carbocycles. The normalized spacial score (nSPS) is 11.7. The molecule has 176 valence electrons. The molecule has 32 heavy (non-hydrogen) atoms. The third kappa shape index (κ3) is 10.1. The smallest absolute Gasteiger partial charge is 0.0968 e. The first-order valence-corrected chi connectivity index (χ1v) is 12.0. The topological polar surface area (TPSA) is 31.9 Å². The third-order valence-corrected chi connectivity index (χ3v) is 4.64. The van der Waals surface area contributed by atoms with Gasteiger partial charge in [0.1, 0.15) is 0 Å². The van der Waals surface area contributed by atoms with E-state index in [1.165, 1.54) is 22.4 Å². The molecule has 3 nitrogen and oxygen atoms in total. The number of hydrogen-bond donors (Lipinski definition) is 1. The summed E-state index contributed by atoms with van der Waals surface area (Å²) < 4.78 is 0. The van der Waals surface area contributed by atoms with Crippen LogP contribution in [0.4, 0.5) is 0 Å². The van der Waals surface area contributed by atoms with Crippen molar-refractivity contribution in [3.8, 4) is 11.3 Å². The number of allylic oxidation sites excluding steroid dienone is 1. The van der Waals surface area contributed by atoms with Gasteiger partial charge in [-0.2, -0.15) is 5.10 Å². The number of nitrogens with one attached hydrogen (secondary N) is 1. The Morgan fingerprint density at radius 2 is 1.44 bits per heavy atom. The summed E-state index contributed by atoms with van der Waals surface area (Å²) in [7, 11) is 2.16. The van der Waals surface area contributed by atoms with E-state index in [9.17, 15) is 0 Å². The molecule has 0 atom stereocenters. The van der Waals surface area contributed by atoms with E-state index in [0.717, 1.165) is 25.2 Å². The van der Waals surface area contributed by atoms with E-state index in [-0.39, 0.29) is 0 Å². The van der Waals surface area contributed by atoms with Gasteiger partial charge in [-0.1, -0.05) is 108 Å². The van der Waals surface area contributed by atoms with Crippen LogP contribution in [0.15, 0.2) is 73.3 Å². The van der Waals surface area contributed by atoms with Crippen LogP contribution in [-0.2, 0) is 13.0 Å². The minimum absolute atomic E-state index is 0.659. The van der Waals surface area contributed by atoms with Gasteiger partial charge in [-0.05, 0) is 25.5 Å². The lowest BCUT2D eigenvalue weighted by Crippen LogP contribution is -2.26. The Kier molecular flexibility index (Phi) is 16.5. The summed E-state index contributed by atoms with van der Waals surface area (Å²) in [5.41, 5.74) is 6.40. The monoisotopic (exact) mass is 435 g/mol. The Labute approximate surface area is 197 Å². The van der Waals surface area contributed by atoms with Gasteiger partial charge in [-0.15, -0.1) is 6.58 Å². The van der Waals surface area contributed by atoms with Crippen molar-refractivity contribution in [2.24, 2.45) is 0 Å². The van der Waals surface area contributed by atoms with E-state index in [2.05, 4.69) is 91.1 Å². The van der Waals surface area contributed by atoms with Crippen LogP contribution >= 0.6 is 0 Å². The van der Waals surface area contributed by atoms with E-state index in [0.29, 0.717) is 5.92 Å². The molecular weight excluding hydrogens is 390 g/mol. The molecule has 0 radical (unpaired) electrons. The second kappa shape index (κ2) is 18.0.